The van der Waals surface area contributed by atoms with Gasteiger partial charge in [0.2, 0.25) is 0 Å². The number of ether oxygens (including phenoxy) is 1. The summed E-state index contributed by atoms with van der Waals surface area (Å²) in [4.78, 5) is 12.0. The lowest BCUT2D eigenvalue weighted by Crippen LogP contribution is -2.17. The van der Waals surface area contributed by atoms with Crippen LogP contribution in [0.25, 0.3) is 0 Å². The van der Waals surface area contributed by atoms with Crippen molar-refractivity contribution >= 4 is 12.1 Å². The van der Waals surface area contributed by atoms with Crippen molar-refractivity contribution in [1.29, 1.82) is 0 Å². The van der Waals surface area contributed by atoms with Crippen molar-refractivity contribution in [2.75, 3.05) is 7.11 Å². The minimum absolute atomic E-state index is 0.123. The van der Waals surface area contributed by atoms with Crippen LogP contribution in [0.1, 0.15) is 42.3 Å². The zero-order chi connectivity index (χ0) is 16.9. The zero-order valence-corrected chi connectivity index (χ0v) is 14.0. The molecule has 23 heavy (non-hydrogen) atoms. The van der Waals surface area contributed by atoms with Gasteiger partial charge in [-0.25, -0.2) is 5.43 Å². The molecule has 0 unspecified atom stereocenters. The third-order valence-corrected chi connectivity index (χ3v) is 3.51. The molecule has 0 aliphatic rings. The Labute approximate surface area is 137 Å². The maximum Gasteiger partial charge on any atom is 0.271 e. The third kappa shape index (κ3) is 4.68. The van der Waals surface area contributed by atoms with Gasteiger partial charge in [0, 0.05) is 5.56 Å². The zero-order valence-electron chi connectivity index (χ0n) is 14.0. The standard InChI is InChI=1S/C19H22N2O2/c1-19(2,3)16-9-5-14(6-10-16)13-20-21-18(22)15-7-11-17(23-4)12-8-15/h5-13H,1-4H3,(H,21,22). The molecule has 2 rings (SSSR count). The highest BCUT2D eigenvalue weighted by Gasteiger charge is 2.12. The predicted octanol–water partition coefficient (Wildman–Crippen LogP) is 3.76. The summed E-state index contributed by atoms with van der Waals surface area (Å²) in [6, 6.07) is 15.0. The molecule has 120 valence electrons. The van der Waals surface area contributed by atoms with E-state index in [2.05, 4.69) is 43.4 Å². The van der Waals surface area contributed by atoms with Gasteiger partial charge in [0.15, 0.2) is 0 Å². The smallest absolute Gasteiger partial charge is 0.271 e. The molecule has 0 bridgehead atoms. The molecule has 0 aliphatic carbocycles. The van der Waals surface area contributed by atoms with Crippen molar-refractivity contribution in [3.8, 4) is 5.75 Å². The first-order valence-electron chi connectivity index (χ1n) is 7.48. The molecule has 2 aromatic rings. The van der Waals surface area contributed by atoms with E-state index < -0.39 is 0 Å². The molecule has 2 aromatic carbocycles. The fraction of sp³-hybridized carbons (Fsp3) is 0.263. The first-order valence-corrected chi connectivity index (χ1v) is 7.48. The van der Waals surface area contributed by atoms with Crippen LogP contribution in [0.5, 0.6) is 5.75 Å². The number of carbonyl (C=O) groups is 1. The van der Waals surface area contributed by atoms with E-state index in [0.717, 1.165) is 5.56 Å². The van der Waals surface area contributed by atoms with E-state index in [1.807, 2.05) is 12.1 Å². The van der Waals surface area contributed by atoms with Crippen LogP contribution in [-0.4, -0.2) is 19.2 Å². The van der Waals surface area contributed by atoms with E-state index in [0.29, 0.717) is 11.3 Å². The number of hydrazone groups is 1. The second kappa shape index (κ2) is 7.09. The summed E-state index contributed by atoms with van der Waals surface area (Å²) in [7, 11) is 1.59. The summed E-state index contributed by atoms with van der Waals surface area (Å²) in [6.07, 6.45) is 1.63. The average molecular weight is 310 g/mol. The van der Waals surface area contributed by atoms with Crippen LogP contribution in [-0.2, 0) is 5.41 Å². The number of methoxy groups -OCH3 is 1. The molecule has 0 saturated heterocycles. The number of nitrogens with zero attached hydrogens (tertiary/aromatic N) is 1. The van der Waals surface area contributed by atoms with Crippen molar-refractivity contribution in [2.45, 2.75) is 26.2 Å². The highest BCUT2D eigenvalue weighted by atomic mass is 16.5. The van der Waals surface area contributed by atoms with Gasteiger partial charge < -0.3 is 4.74 Å². The van der Waals surface area contributed by atoms with Gasteiger partial charge in [-0.05, 0) is 40.8 Å². The molecule has 0 heterocycles. The van der Waals surface area contributed by atoms with Gasteiger partial charge in [-0.15, -0.1) is 0 Å². The Balaban J connectivity index is 1.96. The van der Waals surface area contributed by atoms with Crippen molar-refractivity contribution in [2.24, 2.45) is 5.10 Å². The fourth-order valence-corrected chi connectivity index (χ4v) is 2.04. The van der Waals surface area contributed by atoms with E-state index in [1.54, 1.807) is 37.6 Å². The quantitative estimate of drug-likeness (QED) is 0.690. The first kappa shape index (κ1) is 16.7. The number of amides is 1. The number of hydrogen-bond donors (Lipinski definition) is 1. The van der Waals surface area contributed by atoms with Crippen molar-refractivity contribution < 1.29 is 9.53 Å². The lowest BCUT2D eigenvalue weighted by atomic mass is 9.87. The molecule has 0 spiro atoms. The van der Waals surface area contributed by atoms with E-state index in [1.165, 1.54) is 5.56 Å². The number of nitrogens with one attached hydrogen (secondary N) is 1. The number of hydrogen-bond acceptors (Lipinski definition) is 3. The number of benzene rings is 2. The van der Waals surface area contributed by atoms with Gasteiger partial charge in [0.05, 0.1) is 13.3 Å². The maximum absolute atomic E-state index is 12.0. The highest BCUT2D eigenvalue weighted by Crippen LogP contribution is 2.21. The molecule has 0 fully saturated rings. The van der Waals surface area contributed by atoms with Gasteiger partial charge in [-0.3, -0.25) is 4.79 Å². The van der Waals surface area contributed by atoms with Gasteiger partial charge in [0.25, 0.3) is 5.91 Å². The first-order chi connectivity index (χ1) is 10.9. The summed E-state index contributed by atoms with van der Waals surface area (Å²) in [5, 5.41) is 4.00. The van der Waals surface area contributed by atoms with Crippen molar-refractivity contribution in [3.05, 3.63) is 65.2 Å². The molecule has 0 saturated carbocycles. The highest BCUT2D eigenvalue weighted by molar-refractivity contribution is 5.95. The molecule has 0 radical (unpaired) electrons. The molecular formula is C19H22N2O2. The Hall–Kier alpha value is -2.62. The van der Waals surface area contributed by atoms with Crippen LogP contribution in [0.4, 0.5) is 0 Å². The topological polar surface area (TPSA) is 50.7 Å². The van der Waals surface area contributed by atoms with E-state index in [9.17, 15) is 4.79 Å². The SMILES string of the molecule is COc1ccc(C(=O)NN=Cc2ccc(C(C)(C)C)cc2)cc1. The lowest BCUT2D eigenvalue weighted by Gasteiger charge is -2.18. The van der Waals surface area contributed by atoms with Crippen LogP contribution in [0, 0.1) is 0 Å². The van der Waals surface area contributed by atoms with Crippen LogP contribution in [0.3, 0.4) is 0 Å². The van der Waals surface area contributed by atoms with Gasteiger partial charge >= 0.3 is 0 Å². The largest absolute Gasteiger partial charge is 0.497 e. The minimum atomic E-state index is -0.254. The van der Waals surface area contributed by atoms with Crippen molar-refractivity contribution in [1.82, 2.24) is 5.43 Å². The molecule has 1 amide bonds. The Kier molecular flexibility index (Phi) is 5.16. The average Bonchev–Trinajstić information content (AvgIpc) is 2.54. The Morgan fingerprint density at radius 2 is 1.65 bits per heavy atom. The third-order valence-electron chi connectivity index (χ3n) is 3.51. The summed E-state index contributed by atoms with van der Waals surface area (Å²) in [6.45, 7) is 6.52. The summed E-state index contributed by atoms with van der Waals surface area (Å²) >= 11 is 0. The van der Waals surface area contributed by atoms with Crippen LogP contribution >= 0.6 is 0 Å². The van der Waals surface area contributed by atoms with E-state index >= 15 is 0 Å². The van der Waals surface area contributed by atoms with Crippen molar-refractivity contribution in [3.63, 3.8) is 0 Å². The predicted molar refractivity (Wildman–Crippen MR) is 93.2 cm³/mol. The second-order valence-electron chi connectivity index (χ2n) is 6.30. The minimum Gasteiger partial charge on any atom is -0.497 e. The molecule has 4 heteroatoms. The monoisotopic (exact) mass is 310 g/mol. The molecule has 1 N–H and O–H groups in total. The van der Waals surface area contributed by atoms with E-state index in [-0.39, 0.29) is 11.3 Å². The Morgan fingerprint density at radius 1 is 1.04 bits per heavy atom. The number of rotatable bonds is 4. The number of carbonyl (C=O) groups excluding carboxylic acids is 1. The van der Waals surface area contributed by atoms with Crippen LogP contribution < -0.4 is 10.2 Å². The van der Waals surface area contributed by atoms with Crippen LogP contribution in [0.2, 0.25) is 0 Å². The molecular weight excluding hydrogens is 288 g/mol. The maximum atomic E-state index is 12.0. The van der Waals surface area contributed by atoms with Gasteiger partial charge in [0.1, 0.15) is 5.75 Å². The summed E-state index contributed by atoms with van der Waals surface area (Å²) < 4.78 is 5.06. The molecule has 0 aliphatic heterocycles. The van der Waals surface area contributed by atoms with Crippen LogP contribution in [0.15, 0.2) is 53.6 Å². The fourth-order valence-electron chi connectivity index (χ4n) is 2.04. The molecule has 0 atom stereocenters. The second-order valence-corrected chi connectivity index (χ2v) is 6.30. The summed E-state index contributed by atoms with van der Waals surface area (Å²) in [5.74, 6) is 0.458. The van der Waals surface area contributed by atoms with E-state index in [4.69, 9.17) is 4.74 Å². The lowest BCUT2D eigenvalue weighted by molar-refractivity contribution is 0.0955. The molecule has 0 aromatic heterocycles. The Bertz CT molecular complexity index is 681. The summed E-state index contributed by atoms with van der Waals surface area (Å²) in [5.41, 5.74) is 5.38. The van der Waals surface area contributed by atoms with Gasteiger partial charge in [-0.2, -0.15) is 5.10 Å². The van der Waals surface area contributed by atoms with Gasteiger partial charge in [-0.1, -0.05) is 45.0 Å². The normalized spacial score (nSPS) is 11.5. The molecule has 4 nitrogen and oxygen atoms in total. The Morgan fingerprint density at radius 3 is 2.17 bits per heavy atom.